The molecule has 1 heterocycles. The van der Waals surface area contributed by atoms with Crippen molar-refractivity contribution in [3.8, 4) is 11.3 Å². The van der Waals surface area contributed by atoms with Gasteiger partial charge in [0.05, 0.1) is 18.2 Å². The highest BCUT2D eigenvalue weighted by atomic mass is 16.2. The third-order valence-electron chi connectivity index (χ3n) is 5.91. The summed E-state index contributed by atoms with van der Waals surface area (Å²) in [5, 5.41) is 3.39. The van der Waals surface area contributed by atoms with E-state index in [0.29, 0.717) is 0 Å². The van der Waals surface area contributed by atoms with Gasteiger partial charge >= 0.3 is 0 Å². The first-order chi connectivity index (χ1) is 15.1. The van der Waals surface area contributed by atoms with Crippen molar-refractivity contribution in [1.82, 2.24) is 9.88 Å². The highest BCUT2D eigenvalue weighted by Gasteiger charge is 2.27. The minimum Gasteiger partial charge on any atom is -0.354 e. The van der Waals surface area contributed by atoms with Crippen LogP contribution >= 0.6 is 0 Å². The molecule has 0 aliphatic carbocycles. The molecular weight excluding hydrogens is 382 g/mol. The Labute approximate surface area is 183 Å². The summed E-state index contributed by atoms with van der Waals surface area (Å²) in [6.45, 7) is 2.77. The normalized spacial score (nSPS) is 13.1. The SMILES string of the molecule is C[C@@H]([NH2+]C[C@@H](c1ccccc1)c1c(-c2ccccc2)[nH]c2ccccc12)C(=O)N(C)C. The van der Waals surface area contributed by atoms with Gasteiger partial charge in [0, 0.05) is 25.0 Å². The highest BCUT2D eigenvalue weighted by molar-refractivity contribution is 5.92. The third-order valence-corrected chi connectivity index (χ3v) is 5.91. The van der Waals surface area contributed by atoms with Gasteiger partial charge in [0.1, 0.15) is 0 Å². The molecular formula is C27H30N3O+. The zero-order valence-corrected chi connectivity index (χ0v) is 18.4. The number of hydrogen-bond donors (Lipinski definition) is 2. The number of hydrogen-bond acceptors (Lipinski definition) is 1. The molecule has 2 atom stereocenters. The monoisotopic (exact) mass is 412 g/mol. The van der Waals surface area contributed by atoms with Gasteiger partial charge < -0.3 is 15.2 Å². The molecule has 0 aliphatic heterocycles. The number of nitrogens with two attached hydrogens (primary N) is 1. The van der Waals surface area contributed by atoms with Crippen LogP contribution in [-0.4, -0.2) is 42.5 Å². The Hall–Kier alpha value is -3.37. The van der Waals surface area contributed by atoms with E-state index in [2.05, 4.69) is 89.2 Å². The number of para-hydroxylation sites is 1. The molecule has 31 heavy (non-hydrogen) atoms. The molecule has 4 nitrogen and oxygen atoms in total. The largest absolute Gasteiger partial charge is 0.354 e. The van der Waals surface area contributed by atoms with Gasteiger partial charge in [-0.15, -0.1) is 0 Å². The number of H-pyrrole nitrogens is 1. The van der Waals surface area contributed by atoms with E-state index in [0.717, 1.165) is 17.8 Å². The lowest BCUT2D eigenvalue weighted by Crippen LogP contribution is -2.92. The minimum absolute atomic E-state index is 0.133. The van der Waals surface area contributed by atoms with E-state index in [1.807, 2.05) is 27.1 Å². The second kappa shape index (κ2) is 9.19. The number of aromatic nitrogens is 1. The van der Waals surface area contributed by atoms with Crippen molar-refractivity contribution in [1.29, 1.82) is 0 Å². The maximum Gasteiger partial charge on any atom is 0.279 e. The summed E-state index contributed by atoms with van der Waals surface area (Å²) >= 11 is 0. The van der Waals surface area contributed by atoms with Crippen LogP contribution in [0.2, 0.25) is 0 Å². The van der Waals surface area contributed by atoms with Gasteiger partial charge in [-0.2, -0.15) is 0 Å². The molecule has 0 fully saturated rings. The molecule has 3 N–H and O–H groups in total. The number of carbonyl (C=O) groups excluding carboxylic acids is 1. The van der Waals surface area contributed by atoms with Crippen LogP contribution in [0.5, 0.6) is 0 Å². The Balaban J connectivity index is 1.82. The van der Waals surface area contributed by atoms with Crippen molar-refractivity contribution in [2.75, 3.05) is 20.6 Å². The number of nitrogens with one attached hydrogen (secondary N) is 1. The molecule has 1 amide bonds. The lowest BCUT2D eigenvalue weighted by molar-refractivity contribution is -0.675. The maximum atomic E-state index is 12.5. The molecule has 0 radical (unpaired) electrons. The second-order valence-corrected chi connectivity index (χ2v) is 8.28. The number of likely N-dealkylation sites (N-methyl/N-ethyl adjacent to an activating group) is 1. The van der Waals surface area contributed by atoms with E-state index in [4.69, 9.17) is 0 Å². The number of benzene rings is 3. The molecule has 158 valence electrons. The fourth-order valence-corrected chi connectivity index (χ4v) is 4.31. The Morgan fingerprint density at radius 2 is 1.52 bits per heavy atom. The van der Waals surface area contributed by atoms with Crippen LogP contribution in [0.15, 0.2) is 84.9 Å². The summed E-state index contributed by atoms with van der Waals surface area (Å²) in [4.78, 5) is 17.8. The number of nitrogens with zero attached hydrogens (tertiary/aromatic N) is 1. The van der Waals surface area contributed by atoms with Gasteiger partial charge in [-0.05, 0) is 29.7 Å². The number of quaternary nitrogens is 1. The van der Waals surface area contributed by atoms with Crippen molar-refractivity contribution in [2.45, 2.75) is 18.9 Å². The van der Waals surface area contributed by atoms with Gasteiger partial charge in [0.15, 0.2) is 6.04 Å². The summed E-state index contributed by atoms with van der Waals surface area (Å²) in [6.07, 6.45) is 0. The molecule has 0 bridgehead atoms. The van der Waals surface area contributed by atoms with Crippen molar-refractivity contribution in [2.24, 2.45) is 0 Å². The molecule has 4 rings (SSSR count). The minimum atomic E-state index is -0.133. The van der Waals surface area contributed by atoms with Crippen molar-refractivity contribution in [3.63, 3.8) is 0 Å². The number of rotatable bonds is 7. The Morgan fingerprint density at radius 1 is 0.903 bits per heavy atom. The zero-order chi connectivity index (χ0) is 21.8. The molecule has 3 aromatic carbocycles. The molecule has 1 aromatic heterocycles. The number of aromatic amines is 1. The van der Waals surface area contributed by atoms with Gasteiger partial charge in [-0.3, -0.25) is 4.79 Å². The molecule has 0 saturated heterocycles. The first kappa shape index (κ1) is 20.9. The Morgan fingerprint density at radius 3 is 2.19 bits per heavy atom. The van der Waals surface area contributed by atoms with Crippen molar-refractivity contribution < 1.29 is 10.1 Å². The summed E-state index contributed by atoms with van der Waals surface area (Å²) in [5.41, 5.74) is 6.00. The average Bonchev–Trinajstić information content (AvgIpc) is 3.19. The van der Waals surface area contributed by atoms with E-state index >= 15 is 0 Å². The lowest BCUT2D eigenvalue weighted by atomic mass is 9.87. The van der Waals surface area contributed by atoms with Gasteiger partial charge in [-0.1, -0.05) is 78.9 Å². The van der Waals surface area contributed by atoms with Crippen LogP contribution in [0.25, 0.3) is 22.2 Å². The molecule has 4 heteroatoms. The lowest BCUT2D eigenvalue weighted by Gasteiger charge is -2.21. The first-order valence-electron chi connectivity index (χ1n) is 10.8. The zero-order valence-electron chi connectivity index (χ0n) is 18.4. The molecule has 0 saturated carbocycles. The van der Waals surface area contributed by atoms with Crippen LogP contribution < -0.4 is 5.32 Å². The Kier molecular flexibility index (Phi) is 6.19. The highest BCUT2D eigenvalue weighted by Crippen LogP contribution is 2.38. The standard InChI is InChI=1S/C27H29N3O/c1-19(27(31)30(2)3)28-18-23(20-12-6-4-7-13-20)25-22-16-10-11-17-24(22)29-26(25)21-14-8-5-9-15-21/h4-17,19,23,28-29H,18H2,1-3H3/p+1/t19-,23+/m1/s1. The summed E-state index contributed by atoms with van der Waals surface area (Å²) in [6, 6.07) is 29.5. The van der Waals surface area contributed by atoms with E-state index in [1.165, 1.54) is 22.1 Å². The van der Waals surface area contributed by atoms with Gasteiger partial charge in [0.2, 0.25) is 0 Å². The fraction of sp³-hybridized carbons (Fsp3) is 0.222. The number of fused-ring (bicyclic) bond motifs is 1. The summed E-state index contributed by atoms with van der Waals surface area (Å²) in [5.74, 6) is 0.277. The van der Waals surface area contributed by atoms with E-state index in [9.17, 15) is 4.79 Å². The number of carbonyl (C=O) groups is 1. The summed E-state index contributed by atoms with van der Waals surface area (Å²) in [7, 11) is 3.63. The molecule has 0 unspecified atom stereocenters. The predicted octanol–water partition coefficient (Wildman–Crippen LogP) is 4.01. The van der Waals surface area contributed by atoms with Crippen molar-refractivity contribution >= 4 is 16.8 Å². The van der Waals surface area contributed by atoms with Crippen LogP contribution in [-0.2, 0) is 4.79 Å². The van der Waals surface area contributed by atoms with Gasteiger partial charge in [0.25, 0.3) is 5.91 Å². The van der Waals surface area contributed by atoms with Crippen molar-refractivity contribution in [3.05, 3.63) is 96.1 Å². The second-order valence-electron chi connectivity index (χ2n) is 8.28. The smallest absolute Gasteiger partial charge is 0.279 e. The Bertz CT molecular complexity index is 1150. The maximum absolute atomic E-state index is 12.5. The van der Waals surface area contributed by atoms with E-state index in [-0.39, 0.29) is 17.9 Å². The molecule has 0 aliphatic rings. The van der Waals surface area contributed by atoms with Crippen LogP contribution in [0, 0.1) is 0 Å². The first-order valence-corrected chi connectivity index (χ1v) is 10.8. The predicted molar refractivity (Wildman–Crippen MR) is 127 cm³/mol. The van der Waals surface area contributed by atoms with Gasteiger partial charge in [-0.25, -0.2) is 0 Å². The molecule has 0 spiro atoms. The quantitative estimate of drug-likeness (QED) is 0.474. The van der Waals surface area contributed by atoms with Crippen LogP contribution in [0.4, 0.5) is 0 Å². The number of amides is 1. The fourth-order valence-electron chi connectivity index (χ4n) is 4.31. The van der Waals surface area contributed by atoms with E-state index in [1.54, 1.807) is 4.90 Å². The molecule has 4 aromatic rings. The topological polar surface area (TPSA) is 52.7 Å². The average molecular weight is 413 g/mol. The van der Waals surface area contributed by atoms with Crippen LogP contribution in [0.3, 0.4) is 0 Å². The van der Waals surface area contributed by atoms with Crippen LogP contribution in [0.1, 0.15) is 24.0 Å². The third kappa shape index (κ3) is 4.39. The summed E-state index contributed by atoms with van der Waals surface area (Å²) < 4.78 is 0. The van der Waals surface area contributed by atoms with E-state index < -0.39 is 0 Å².